The molecule has 0 radical (unpaired) electrons. The van der Waals surface area contributed by atoms with Crippen LogP contribution in [0.3, 0.4) is 0 Å². The molecule has 4 nitrogen and oxygen atoms in total. The van der Waals surface area contributed by atoms with E-state index < -0.39 is 0 Å². The van der Waals surface area contributed by atoms with Crippen LogP contribution in [-0.2, 0) is 11.3 Å². The lowest BCUT2D eigenvalue weighted by atomic mass is 10.1. The fourth-order valence-electron chi connectivity index (χ4n) is 2.26. The molecule has 4 heteroatoms. The highest BCUT2D eigenvalue weighted by Crippen LogP contribution is 2.21. The van der Waals surface area contributed by atoms with Gasteiger partial charge in [-0.05, 0) is 25.3 Å². The molecular formula is C16H24N2O2. The SMILES string of the molecule is CC(C)NCc1ccccc1OC1CCCCNC1=O. The van der Waals surface area contributed by atoms with E-state index >= 15 is 0 Å². The average Bonchev–Trinajstić information content (AvgIpc) is 2.63. The van der Waals surface area contributed by atoms with Crippen LogP contribution in [0.5, 0.6) is 5.75 Å². The number of benzene rings is 1. The lowest BCUT2D eigenvalue weighted by molar-refractivity contribution is -0.127. The Balaban J connectivity index is 2.05. The van der Waals surface area contributed by atoms with E-state index in [2.05, 4.69) is 24.5 Å². The molecule has 20 heavy (non-hydrogen) atoms. The molecule has 1 saturated heterocycles. The Morgan fingerprint density at radius 2 is 2.15 bits per heavy atom. The van der Waals surface area contributed by atoms with Crippen molar-refractivity contribution in [2.24, 2.45) is 0 Å². The van der Waals surface area contributed by atoms with Gasteiger partial charge in [-0.15, -0.1) is 0 Å². The summed E-state index contributed by atoms with van der Waals surface area (Å²) in [7, 11) is 0. The summed E-state index contributed by atoms with van der Waals surface area (Å²) in [4.78, 5) is 11.9. The molecule has 0 aromatic heterocycles. The van der Waals surface area contributed by atoms with E-state index in [1.165, 1.54) is 0 Å². The van der Waals surface area contributed by atoms with Gasteiger partial charge < -0.3 is 15.4 Å². The molecule has 0 aliphatic carbocycles. The van der Waals surface area contributed by atoms with Crippen molar-refractivity contribution in [1.29, 1.82) is 0 Å². The molecule has 110 valence electrons. The van der Waals surface area contributed by atoms with E-state index in [1.807, 2.05) is 24.3 Å². The predicted molar refractivity (Wildman–Crippen MR) is 79.7 cm³/mol. The van der Waals surface area contributed by atoms with Crippen LogP contribution in [0.25, 0.3) is 0 Å². The van der Waals surface area contributed by atoms with Crippen molar-refractivity contribution in [1.82, 2.24) is 10.6 Å². The second-order valence-corrected chi connectivity index (χ2v) is 5.54. The van der Waals surface area contributed by atoms with Crippen LogP contribution in [0.1, 0.15) is 38.7 Å². The van der Waals surface area contributed by atoms with Gasteiger partial charge in [0.05, 0.1) is 0 Å². The summed E-state index contributed by atoms with van der Waals surface area (Å²) in [5, 5.41) is 6.29. The minimum absolute atomic E-state index is 0.00845. The third-order valence-electron chi connectivity index (χ3n) is 3.43. The molecule has 1 aromatic carbocycles. The first-order valence-corrected chi connectivity index (χ1v) is 7.42. The van der Waals surface area contributed by atoms with Crippen molar-refractivity contribution >= 4 is 5.91 Å². The number of amides is 1. The summed E-state index contributed by atoms with van der Waals surface area (Å²) in [5.74, 6) is 0.817. The Hall–Kier alpha value is -1.55. The number of hydrogen-bond donors (Lipinski definition) is 2. The monoisotopic (exact) mass is 276 g/mol. The van der Waals surface area contributed by atoms with E-state index in [0.29, 0.717) is 6.04 Å². The van der Waals surface area contributed by atoms with Crippen molar-refractivity contribution in [2.75, 3.05) is 6.54 Å². The number of rotatable bonds is 5. The molecular weight excluding hydrogens is 252 g/mol. The molecule has 1 unspecified atom stereocenters. The Kier molecular flexibility index (Phi) is 5.41. The van der Waals surface area contributed by atoms with Gasteiger partial charge >= 0.3 is 0 Å². The Morgan fingerprint density at radius 3 is 2.95 bits per heavy atom. The number of carbonyl (C=O) groups excluding carboxylic acids is 1. The normalized spacial score (nSPS) is 19.6. The highest BCUT2D eigenvalue weighted by Gasteiger charge is 2.23. The lowest BCUT2D eigenvalue weighted by Gasteiger charge is -2.19. The number of carbonyl (C=O) groups is 1. The van der Waals surface area contributed by atoms with E-state index in [-0.39, 0.29) is 12.0 Å². The number of nitrogens with one attached hydrogen (secondary N) is 2. The van der Waals surface area contributed by atoms with Crippen LogP contribution >= 0.6 is 0 Å². The van der Waals surface area contributed by atoms with Crippen molar-refractivity contribution in [2.45, 2.75) is 51.8 Å². The van der Waals surface area contributed by atoms with Crippen LogP contribution in [0.15, 0.2) is 24.3 Å². The van der Waals surface area contributed by atoms with E-state index in [0.717, 1.165) is 43.7 Å². The quantitative estimate of drug-likeness (QED) is 0.867. The molecule has 1 heterocycles. The van der Waals surface area contributed by atoms with Crippen LogP contribution in [-0.4, -0.2) is 24.6 Å². The number of ether oxygens (including phenoxy) is 1. The van der Waals surface area contributed by atoms with Gasteiger partial charge in [-0.1, -0.05) is 32.0 Å². The summed E-state index contributed by atoms with van der Waals surface area (Å²) >= 11 is 0. The summed E-state index contributed by atoms with van der Waals surface area (Å²) in [5.41, 5.74) is 1.10. The van der Waals surface area contributed by atoms with E-state index in [9.17, 15) is 4.79 Å². The molecule has 1 atom stereocenters. The maximum Gasteiger partial charge on any atom is 0.261 e. The van der Waals surface area contributed by atoms with E-state index in [4.69, 9.17) is 4.74 Å². The highest BCUT2D eigenvalue weighted by atomic mass is 16.5. The van der Waals surface area contributed by atoms with Crippen LogP contribution in [0, 0.1) is 0 Å². The standard InChI is InChI=1S/C16H24N2O2/c1-12(2)18-11-13-7-3-4-8-14(13)20-15-9-5-6-10-17-16(15)19/h3-4,7-8,12,15,18H,5-6,9-11H2,1-2H3,(H,17,19). The third-order valence-corrected chi connectivity index (χ3v) is 3.43. The molecule has 1 aromatic rings. The summed E-state index contributed by atoms with van der Waals surface area (Å²) in [6.45, 7) is 5.74. The first-order valence-electron chi connectivity index (χ1n) is 7.42. The summed E-state index contributed by atoms with van der Waals surface area (Å²) in [6.07, 6.45) is 2.48. The molecule has 1 aliphatic heterocycles. The molecule has 2 N–H and O–H groups in total. The smallest absolute Gasteiger partial charge is 0.261 e. The van der Waals surface area contributed by atoms with Crippen molar-refractivity contribution in [3.63, 3.8) is 0 Å². The van der Waals surface area contributed by atoms with Crippen LogP contribution < -0.4 is 15.4 Å². The molecule has 1 fully saturated rings. The second-order valence-electron chi connectivity index (χ2n) is 5.54. The minimum Gasteiger partial charge on any atom is -0.480 e. The average molecular weight is 276 g/mol. The zero-order chi connectivity index (χ0) is 14.4. The molecule has 1 amide bonds. The Morgan fingerprint density at radius 1 is 1.35 bits per heavy atom. The zero-order valence-electron chi connectivity index (χ0n) is 12.3. The lowest BCUT2D eigenvalue weighted by Crippen LogP contribution is -2.36. The molecule has 0 saturated carbocycles. The largest absolute Gasteiger partial charge is 0.480 e. The van der Waals surface area contributed by atoms with Gasteiger partial charge in [0.2, 0.25) is 0 Å². The fourth-order valence-corrected chi connectivity index (χ4v) is 2.26. The van der Waals surface area contributed by atoms with Crippen LogP contribution in [0.2, 0.25) is 0 Å². The van der Waals surface area contributed by atoms with E-state index in [1.54, 1.807) is 0 Å². The zero-order valence-corrected chi connectivity index (χ0v) is 12.3. The van der Waals surface area contributed by atoms with Crippen molar-refractivity contribution < 1.29 is 9.53 Å². The Bertz CT molecular complexity index is 446. The van der Waals surface area contributed by atoms with Crippen molar-refractivity contribution in [3.05, 3.63) is 29.8 Å². The van der Waals surface area contributed by atoms with Gasteiger partial charge in [-0.3, -0.25) is 4.79 Å². The van der Waals surface area contributed by atoms with Gasteiger partial charge in [0.1, 0.15) is 5.75 Å². The van der Waals surface area contributed by atoms with Gasteiger partial charge in [0.15, 0.2) is 6.10 Å². The van der Waals surface area contributed by atoms with Gasteiger partial charge in [-0.25, -0.2) is 0 Å². The van der Waals surface area contributed by atoms with Gasteiger partial charge in [0, 0.05) is 24.7 Å². The number of para-hydroxylation sites is 1. The predicted octanol–water partition coefficient (Wildman–Crippen LogP) is 2.23. The van der Waals surface area contributed by atoms with Crippen molar-refractivity contribution in [3.8, 4) is 5.75 Å². The number of hydrogen-bond acceptors (Lipinski definition) is 3. The van der Waals surface area contributed by atoms with Crippen LogP contribution in [0.4, 0.5) is 0 Å². The highest BCUT2D eigenvalue weighted by molar-refractivity contribution is 5.81. The summed E-state index contributed by atoms with van der Waals surface area (Å²) in [6, 6.07) is 8.35. The topological polar surface area (TPSA) is 50.4 Å². The van der Waals surface area contributed by atoms with Gasteiger partial charge in [-0.2, -0.15) is 0 Å². The fraction of sp³-hybridized carbons (Fsp3) is 0.562. The first kappa shape index (κ1) is 14.9. The molecule has 1 aliphatic rings. The van der Waals surface area contributed by atoms with Gasteiger partial charge in [0.25, 0.3) is 5.91 Å². The summed E-state index contributed by atoms with van der Waals surface area (Å²) < 4.78 is 5.96. The molecule has 0 bridgehead atoms. The second kappa shape index (κ2) is 7.29. The molecule has 2 rings (SSSR count). The third kappa shape index (κ3) is 4.23. The molecule has 0 spiro atoms. The maximum absolute atomic E-state index is 11.9. The minimum atomic E-state index is -0.363. The maximum atomic E-state index is 11.9. The first-order chi connectivity index (χ1) is 9.66. The Labute approximate surface area is 120 Å².